The molecule has 0 aliphatic heterocycles. The van der Waals surface area contributed by atoms with Gasteiger partial charge in [-0.05, 0) is 25.0 Å². The van der Waals surface area contributed by atoms with Gasteiger partial charge in [-0.3, -0.25) is 0 Å². The van der Waals surface area contributed by atoms with Gasteiger partial charge in [0.1, 0.15) is 12.1 Å². The highest BCUT2D eigenvalue weighted by Crippen LogP contribution is 2.32. The molecule has 1 aromatic carbocycles. The van der Waals surface area contributed by atoms with Crippen LogP contribution in [0.2, 0.25) is 0 Å². The molecule has 0 radical (unpaired) electrons. The van der Waals surface area contributed by atoms with E-state index in [1.54, 1.807) is 12.1 Å². The fourth-order valence-electron chi connectivity index (χ4n) is 2.41. The molecule has 0 N–H and O–H groups in total. The smallest absolute Gasteiger partial charge is 0.357 e. The van der Waals surface area contributed by atoms with Crippen molar-refractivity contribution in [3.63, 3.8) is 0 Å². The minimum atomic E-state index is -4.36. The van der Waals surface area contributed by atoms with Gasteiger partial charge in [-0.15, -0.1) is 0 Å². The lowest BCUT2D eigenvalue weighted by atomic mass is 10.1. The lowest BCUT2D eigenvalue weighted by molar-refractivity contribution is -0.137. The van der Waals surface area contributed by atoms with Crippen LogP contribution in [0.4, 0.5) is 19.0 Å². The lowest BCUT2D eigenvalue weighted by Gasteiger charge is -2.22. The molecule has 0 bridgehead atoms. The summed E-state index contributed by atoms with van der Waals surface area (Å²) < 4.78 is 38.6. The first-order valence-electron chi connectivity index (χ1n) is 7.70. The minimum absolute atomic E-state index is 0.441. The van der Waals surface area contributed by atoms with Gasteiger partial charge < -0.3 is 4.90 Å². The molecule has 1 heterocycles. The van der Waals surface area contributed by atoms with Crippen molar-refractivity contribution in [1.82, 2.24) is 9.97 Å². The van der Waals surface area contributed by atoms with Crippen molar-refractivity contribution in [1.29, 1.82) is 0 Å². The van der Waals surface area contributed by atoms with Crippen LogP contribution in [0.15, 0.2) is 36.7 Å². The second-order valence-electron chi connectivity index (χ2n) is 5.33. The van der Waals surface area contributed by atoms with Crippen LogP contribution in [0.3, 0.4) is 0 Å². The van der Waals surface area contributed by atoms with Gasteiger partial charge in [0.2, 0.25) is 0 Å². The summed E-state index contributed by atoms with van der Waals surface area (Å²) in [7, 11) is 0. The zero-order valence-corrected chi connectivity index (χ0v) is 13.3. The molecule has 23 heavy (non-hydrogen) atoms. The van der Waals surface area contributed by atoms with Gasteiger partial charge >= 0.3 is 6.18 Å². The predicted molar refractivity (Wildman–Crippen MR) is 85.3 cm³/mol. The van der Waals surface area contributed by atoms with Gasteiger partial charge in [0.15, 0.2) is 0 Å². The van der Waals surface area contributed by atoms with Crippen LogP contribution in [0.25, 0.3) is 11.3 Å². The van der Waals surface area contributed by atoms with Gasteiger partial charge in [-0.25, -0.2) is 9.97 Å². The molecule has 0 saturated heterocycles. The second kappa shape index (κ2) is 7.44. The largest absolute Gasteiger partial charge is 0.416 e. The topological polar surface area (TPSA) is 29.0 Å². The fraction of sp³-hybridized carbons (Fsp3) is 0.412. The number of nitrogens with zero attached hydrogens (tertiary/aromatic N) is 3. The van der Waals surface area contributed by atoms with Crippen LogP contribution in [0, 0.1) is 0 Å². The highest BCUT2D eigenvalue weighted by molar-refractivity contribution is 5.63. The summed E-state index contributed by atoms with van der Waals surface area (Å²) >= 11 is 0. The summed E-state index contributed by atoms with van der Waals surface area (Å²) in [6, 6.07) is 6.96. The van der Waals surface area contributed by atoms with Gasteiger partial charge in [-0.1, -0.05) is 26.0 Å². The van der Waals surface area contributed by atoms with E-state index >= 15 is 0 Å². The first-order chi connectivity index (χ1) is 11.0. The average molecular weight is 323 g/mol. The first-order valence-corrected chi connectivity index (χ1v) is 7.70. The zero-order valence-electron chi connectivity index (χ0n) is 13.3. The second-order valence-corrected chi connectivity index (χ2v) is 5.33. The van der Waals surface area contributed by atoms with Crippen LogP contribution < -0.4 is 4.90 Å². The van der Waals surface area contributed by atoms with E-state index in [4.69, 9.17) is 0 Å². The number of alkyl halides is 3. The number of benzene rings is 1. The number of hydrogen-bond donors (Lipinski definition) is 0. The number of hydrogen-bond acceptors (Lipinski definition) is 3. The maximum Gasteiger partial charge on any atom is 0.416 e. The average Bonchev–Trinajstić information content (AvgIpc) is 2.54. The standard InChI is InChI=1S/C17H20F3N3/c1-3-8-23(9-4-2)16-11-15(21-12-22-16)13-6-5-7-14(10-13)17(18,19)20/h5-7,10-12H,3-4,8-9H2,1-2H3. The molecule has 124 valence electrons. The molecule has 0 atom stereocenters. The third kappa shape index (κ3) is 4.43. The lowest BCUT2D eigenvalue weighted by Crippen LogP contribution is -2.25. The molecule has 0 unspecified atom stereocenters. The zero-order chi connectivity index (χ0) is 16.9. The van der Waals surface area contributed by atoms with Crippen LogP contribution in [0.5, 0.6) is 0 Å². The Kier molecular flexibility index (Phi) is 5.58. The van der Waals surface area contributed by atoms with Crippen LogP contribution in [-0.4, -0.2) is 23.1 Å². The Balaban J connectivity index is 2.36. The van der Waals surface area contributed by atoms with Crippen molar-refractivity contribution in [2.75, 3.05) is 18.0 Å². The van der Waals surface area contributed by atoms with E-state index in [1.807, 2.05) is 0 Å². The summed E-state index contributed by atoms with van der Waals surface area (Å²) in [5, 5.41) is 0. The molecule has 2 aromatic rings. The molecule has 3 nitrogen and oxygen atoms in total. The van der Waals surface area contributed by atoms with Gasteiger partial charge in [0, 0.05) is 24.7 Å². The van der Waals surface area contributed by atoms with Crippen LogP contribution in [-0.2, 0) is 6.18 Å². The Bertz CT molecular complexity index is 635. The Labute approximate surface area is 134 Å². The van der Waals surface area contributed by atoms with Crippen molar-refractivity contribution in [2.24, 2.45) is 0 Å². The molecule has 6 heteroatoms. The van der Waals surface area contributed by atoms with E-state index < -0.39 is 11.7 Å². The third-order valence-electron chi connectivity index (χ3n) is 3.45. The molecular weight excluding hydrogens is 303 g/mol. The molecule has 0 spiro atoms. The van der Waals surface area contributed by atoms with Crippen LogP contribution >= 0.6 is 0 Å². The number of halogens is 3. The monoisotopic (exact) mass is 323 g/mol. The fourth-order valence-corrected chi connectivity index (χ4v) is 2.41. The van der Waals surface area contributed by atoms with E-state index in [1.165, 1.54) is 12.4 Å². The van der Waals surface area contributed by atoms with E-state index in [2.05, 4.69) is 28.7 Å². The first kappa shape index (κ1) is 17.2. The maximum atomic E-state index is 12.9. The quantitative estimate of drug-likeness (QED) is 0.765. The van der Waals surface area contributed by atoms with E-state index in [0.717, 1.165) is 43.9 Å². The van der Waals surface area contributed by atoms with E-state index in [-0.39, 0.29) is 0 Å². The molecule has 0 saturated carbocycles. The number of anilines is 1. The van der Waals surface area contributed by atoms with Crippen molar-refractivity contribution in [3.8, 4) is 11.3 Å². The predicted octanol–water partition coefficient (Wildman–Crippen LogP) is 4.79. The third-order valence-corrected chi connectivity index (χ3v) is 3.45. The summed E-state index contributed by atoms with van der Waals surface area (Å²) in [6.45, 7) is 5.87. The van der Waals surface area contributed by atoms with E-state index in [9.17, 15) is 13.2 Å². The Morgan fingerprint density at radius 2 is 1.70 bits per heavy atom. The summed E-state index contributed by atoms with van der Waals surface area (Å²) in [5.74, 6) is 0.746. The van der Waals surface area contributed by atoms with Crippen molar-refractivity contribution in [3.05, 3.63) is 42.2 Å². The van der Waals surface area contributed by atoms with Gasteiger partial charge in [0.05, 0.1) is 11.3 Å². The molecule has 0 amide bonds. The SMILES string of the molecule is CCCN(CCC)c1cc(-c2cccc(C(F)(F)F)c2)ncn1. The van der Waals surface area contributed by atoms with Crippen LogP contribution in [0.1, 0.15) is 32.3 Å². The Morgan fingerprint density at radius 3 is 2.30 bits per heavy atom. The normalized spacial score (nSPS) is 11.5. The minimum Gasteiger partial charge on any atom is -0.357 e. The molecule has 0 fully saturated rings. The number of rotatable bonds is 6. The summed E-state index contributed by atoms with van der Waals surface area (Å²) in [4.78, 5) is 10.5. The molecule has 0 aliphatic rings. The summed E-state index contributed by atoms with van der Waals surface area (Å²) in [5.41, 5.74) is 0.267. The Hall–Kier alpha value is -2.11. The molecule has 2 rings (SSSR count). The van der Waals surface area contributed by atoms with Crippen molar-refractivity contribution in [2.45, 2.75) is 32.9 Å². The van der Waals surface area contributed by atoms with E-state index in [0.29, 0.717) is 11.3 Å². The summed E-state index contributed by atoms with van der Waals surface area (Å²) in [6.07, 6.45) is -1.00. The maximum absolute atomic E-state index is 12.9. The molecular formula is C17H20F3N3. The molecule has 0 aliphatic carbocycles. The van der Waals surface area contributed by atoms with Gasteiger partial charge in [-0.2, -0.15) is 13.2 Å². The Morgan fingerprint density at radius 1 is 1.00 bits per heavy atom. The number of aromatic nitrogens is 2. The highest BCUT2D eigenvalue weighted by Gasteiger charge is 2.30. The highest BCUT2D eigenvalue weighted by atomic mass is 19.4. The molecule has 1 aromatic heterocycles. The van der Waals surface area contributed by atoms with Gasteiger partial charge in [0.25, 0.3) is 0 Å². The van der Waals surface area contributed by atoms with Crippen molar-refractivity contribution < 1.29 is 13.2 Å². The van der Waals surface area contributed by atoms with Crippen molar-refractivity contribution >= 4 is 5.82 Å².